The van der Waals surface area contributed by atoms with Crippen LogP contribution in [-0.4, -0.2) is 11.8 Å². The zero-order valence-corrected chi connectivity index (χ0v) is 13.3. The summed E-state index contributed by atoms with van der Waals surface area (Å²) < 4.78 is 0. The van der Waals surface area contributed by atoms with Crippen LogP contribution >= 0.6 is 0 Å². The van der Waals surface area contributed by atoms with Gasteiger partial charge in [-0.25, -0.2) is 0 Å². The minimum Gasteiger partial charge on any atom is -0.326 e. The van der Waals surface area contributed by atoms with Crippen LogP contribution in [0, 0.1) is 0 Å². The molecule has 0 aliphatic carbocycles. The van der Waals surface area contributed by atoms with Gasteiger partial charge in [0.2, 0.25) is 11.8 Å². The number of carbonyl (C=O) groups excluding carboxylic acids is 2. The SMILES string of the molecule is CC(C)c1ccccc1NC(=O)CC1C(=O)Nc2ccccc21. The molecule has 4 heteroatoms. The Bertz CT molecular complexity index is 753. The number of hydrogen-bond acceptors (Lipinski definition) is 2. The minimum atomic E-state index is -0.419. The largest absolute Gasteiger partial charge is 0.326 e. The second-order valence-corrected chi connectivity index (χ2v) is 6.12. The lowest BCUT2D eigenvalue weighted by atomic mass is 9.96. The first kappa shape index (κ1) is 15.3. The summed E-state index contributed by atoms with van der Waals surface area (Å²) >= 11 is 0. The number of benzene rings is 2. The highest BCUT2D eigenvalue weighted by molar-refractivity contribution is 6.06. The van der Waals surface area contributed by atoms with Gasteiger partial charge in [0, 0.05) is 17.8 Å². The lowest BCUT2D eigenvalue weighted by Gasteiger charge is -2.15. The highest BCUT2D eigenvalue weighted by Crippen LogP contribution is 2.34. The summed E-state index contributed by atoms with van der Waals surface area (Å²) in [5.41, 5.74) is 3.61. The zero-order chi connectivity index (χ0) is 16.4. The minimum absolute atomic E-state index is 0.113. The van der Waals surface area contributed by atoms with E-state index in [1.807, 2.05) is 48.5 Å². The summed E-state index contributed by atoms with van der Waals surface area (Å²) in [7, 11) is 0. The summed E-state index contributed by atoms with van der Waals surface area (Å²) in [6.07, 6.45) is 0.148. The Hall–Kier alpha value is -2.62. The normalized spacial score (nSPS) is 16.1. The van der Waals surface area contributed by atoms with E-state index in [2.05, 4.69) is 24.5 Å². The molecule has 1 heterocycles. The molecule has 118 valence electrons. The molecule has 4 nitrogen and oxygen atoms in total. The highest BCUT2D eigenvalue weighted by atomic mass is 16.2. The van der Waals surface area contributed by atoms with E-state index >= 15 is 0 Å². The van der Waals surface area contributed by atoms with Gasteiger partial charge in [-0.05, 0) is 29.2 Å². The van der Waals surface area contributed by atoms with Crippen molar-refractivity contribution < 1.29 is 9.59 Å². The first-order valence-electron chi connectivity index (χ1n) is 7.85. The molecule has 0 bridgehead atoms. The molecule has 3 rings (SSSR count). The van der Waals surface area contributed by atoms with Crippen molar-refractivity contribution in [2.45, 2.75) is 32.1 Å². The van der Waals surface area contributed by atoms with Gasteiger partial charge < -0.3 is 10.6 Å². The van der Waals surface area contributed by atoms with Crippen molar-refractivity contribution in [1.29, 1.82) is 0 Å². The molecule has 1 atom stereocenters. The standard InChI is InChI=1S/C19H20N2O2/c1-12(2)13-7-3-5-9-16(13)20-18(22)11-15-14-8-4-6-10-17(14)21-19(15)23/h3-10,12,15H,11H2,1-2H3,(H,20,22)(H,21,23). The summed E-state index contributed by atoms with van der Waals surface area (Å²) in [5.74, 6) is -0.354. The summed E-state index contributed by atoms with van der Waals surface area (Å²) in [6.45, 7) is 4.18. The second kappa shape index (κ2) is 6.24. The zero-order valence-electron chi connectivity index (χ0n) is 13.3. The van der Waals surface area contributed by atoms with Crippen LogP contribution in [0.3, 0.4) is 0 Å². The smallest absolute Gasteiger partial charge is 0.232 e. The molecule has 1 aliphatic heterocycles. The molecule has 2 aromatic rings. The first-order chi connectivity index (χ1) is 11.1. The Labute approximate surface area is 135 Å². The predicted molar refractivity (Wildman–Crippen MR) is 91.6 cm³/mol. The quantitative estimate of drug-likeness (QED) is 0.900. The topological polar surface area (TPSA) is 58.2 Å². The van der Waals surface area contributed by atoms with E-state index in [0.29, 0.717) is 5.92 Å². The fourth-order valence-corrected chi connectivity index (χ4v) is 2.98. The van der Waals surface area contributed by atoms with Crippen LogP contribution in [0.2, 0.25) is 0 Å². The van der Waals surface area contributed by atoms with E-state index < -0.39 is 5.92 Å². The van der Waals surface area contributed by atoms with E-state index in [0.717, 1.165) is 22.5 Å². The van der Waals surface area contributed by atoms with Crippen LogP contribution in [-0.2, 0) is 9.59 Å². The van der Waals surface area contributed by atoms with Crippen molar-refractivity contribution in [3.05, 3.63) is 59.7 Å². The average molecular weight is 308 g/mol. The van der Waals surface area contributed by atoms with E-state index in [4.69, 9.17) is 0 Å². The first-order valence-corrected chi connectivity index (χ1v) is 7.85. The van der Waals surface area contributed by atoms with Crippen LogP contribution in [0.5, 0.6) is 0 Å². The Morgan fingerprint density at radius 3 is 2.61 bits per heavy atom. The summed E-state index contributed by atoms with van der Waals surface area (Å²) in [6, 6.07) is 15.3. The van der Waals surface area contributed by atoms with Gasteiger partial charge in [-0.1, -0.05) is 50.2 Å². The number of carbonyl (C=O) groups is 2. The number of hydrogen-bond donors (Lipinski definition) is 2. The number of para-hydroxylation sites is 2. The number of anilines is 2. The molecule has 0 saturated heterocycles. The van der Waals surface area contributed by atoms with E-state index in [-0.39, 0.29) is 18.2 Å². The molecular weight excluding hydrogens is 288 g/mol. The van der Waals surface area contributed by atoms with Gasteiger partial charge in [0.25, 0.3) is 0 Å². The van der Waals surface area contributed by atoms with Crippen molar-refractivity contribution in [3.8, 4) is 0 Å². The molecule has 0 fully saturated rings. The van der Waals surface area contributed by atoms with Crippen molar-refractivity contribution in [3.63, 3.8) is 0 Å². The third-order valence-electron chi connectivity index (χ3n) is 4.16. The predicted octanol–water partition coefficient (Wildman–Crippen LogP) is 3.87. The fraction of sp³-hybridized carbons (Fsp3) is 0.263. The maximum absolute atomic E-state index is 12.4. The molecule has 23 heavy (non-hydrogen) atoms. The monoisotopic (exact) mass is 308 g/mol. The van der Waals surface area contributed by atoms with Gasteiger partial charge in [-0.2, -0.15) is 0 Å². The second-order valence-electron chi connectivity index (χ2n) is 6.12. The van der Waals surface area contributed by atoms with Crippen LogP contribution in [0.1, 0.15) is 43.2 Å². The summed E-state index contributed by atoms with van der Waals surface area (Å²) in [4.78, 5) is 24.5. The van der Waals surface area contributed by atoms with Crippen LogP contribution < -0.4 is 10.6 Å². The van der Waals surface area contributed by atoms with E-state index in [1.165, 1.54) is 0 Å². The Morgan fingerprint density at radius 2 is 1.83 bits per heavy atom. The van der Waals surface area contributed by atoms with Gasteiger partial charge in [0.05, 0.1) is 5.92 Å². The molecule has 1 unspecified atom stereocenters. The highest BCUT2D eigenvalue weighted by Gasteiger charge is 2.31. The third kappa shape index (κ3) is 3.11. The molecule has 1 aliphatic rings. The molecular formula is C19H20N2O2. The number of rotatable bonds is 4. The fourth-order valence-electron chi connectivity index (χ4n) is 2.98. The number of amides is 2. The Morgan fingerprint density at radius 1 is 1.13 bits per heavy atom. The van der Waals surface area contributed by atoms with Gasteiger partial charge in [0.15, 0.2) is 0 Å². The summed E-state index contributed by atoms with van der Waals surface area (Å²) in [5, 5.41) is 5.78. The van der Waals surface area contributed by atoms with Crippen molar-refractivity contribution in [1.82, 2.24) is 0 Å². The van der Waals surface area contributed by atoms with Crippen molar-refractivity contribution in [2.75, 3.05) is 10.6 Å². The maximum atomic E-state index is 12.4. The maximum Gasteiger partial charge on any atom is 0.232 e. The van der Waals surface area contributed by atoms with E-state index in [1.54, 1.807) is 0 Å². The Balaban J connectivity index is 1.75. The molecule has 0 radical (unpaired) electrons. The van der Waals surface area contributed by atoms with Crippen LogP contribution in [0.15, 0.2) is 48.5 Å². The average Bonchev–Trinajstić information content (AvgIpc) is 2.83. The van der Waals surface area contributed by atoms with Gasteiger partial charge in [-0.3, -0.25) is 9.59 Å². The molecule has 0 spiro atoms. The Kier molecular flexibility index (Phi) is 4.15. The molecule has 2 amide bonds. The third-order valence-corrected chi connectivity index (χ3v) is 4.16. The molecule has 0 aromatic heterocycles. The van der Waals surface area contributed by atoms with Gasteiger partial charge >= 0.3 is 0 Å². The molecule has 0 saturated carbocycles. The lowest BCUT2D eigenvalue weighted by Crippen LogP contribution is -2.21. The lowest BCUT2D eigenvalue weighted by molar-refractivity contribution is -0.122. The van der Waals surface area contributed by atoms with Crippen LogP contribution in [0.25, 0.3) is 0 Å². The number of fused-ring (bicyclic) bond motifs is 1. The van der Waals surface area contributed by atoms with Crippen LogP contribution in [0.4, 0.5) is 11.4 Å². The molecule has 2 N–H and O–H groups in total. The van der Waals surface area contributed by atoms with Crippen molar-refractivity contribution in [2.24, 2.45) is 0 Å². The van der Waals surface area contributed by atoms with Crippen molar-refractivity contribution >= 4 is 23.2 Å². The van der Waals surface area contributed by atoms with Gasteiger partial charge in [-0.15, -0.1) is 0 Å². The van der Waals surface area contributed by atoms with Gasteiger partial charge in [0.1, 0.15) is 0 Å². The number of nitrogens with one attached hydrogen (secondary N) is 2. The molecule has 2 aromatic carbocycles. The van der Waals surface area contributed by atoms with E-state index in [9.17, 15) is 9.59 Å².